The molecule has 1 radical (unpaired) electrons. The van der Waals surface area contributed by atoms with Crippen LogP contribution in [0.5, 0.6) is 0 Å². The third kappa shape index (κ3) is 3.18. The number of sulfonamides is 1. The summed E-state index contributed by atoms with van der Waals surface area (Å²) in [4.78, 5) is 10.8. The van der Waals surface area contributed by atoms with E-state index in [9.17, 15) is 13.2 Å². The zero-order chi connectivity index (χ0) is 10.8. The first-order valence-electron chi connectivity index (χ1n) is 3.82. The minimum Gasteiger partial charge on any atom is -0.294 e. The van der Waals surface area contributed by atoms with Gasteiger partial charge in [0.15, 0.2) is 5.78 Å². The van der Waals surface area contributed by atoms with Crippen LogP contribution >= 0.6 is 0 Å². The second kappa shape index (κ2) is 3.79. The van der Waals surface area contributed by atoms with Crippen molar-refractivity contribution in [2.45, 2.75) is 0 Å². The van der Waals surface area contributed by atoms with Gasteiger partial charge in [-0.25, -0.2) is 8.42 Å². The average molecular weight is 212 g/mol. The molecule has 0 unspecified atom stereocenters. The van der Waals surface area contributed by atoms with Crippen LogP contribution in [0.15, 0.2) is 24.3 Å². The van der Waals surface area contributed by atoms with Crippen molar-refractivity contribution in [2.75, 3.05) is 11.0 Å². The van der Waals surface area contributed by atoms with Gasteiger partial charge in [0.25, 0.3) is 0 Å². The lowest BCUT2D eigenvalue weighted by molar-refractivity contribution is 0.104. The summed E-state index contributed by atoms with van der Waals surface area (Å²) in [6.45, 7) is 3.24. The summed E-state index contributed by atoms with van der Waals surface area (Å²) in [7, 11) is -3.26. The van der Waals surface area contributed by atoms with Crippen molar-refractivity contribution in [3.8, 4) is 0 Å². The lowest BCUT2D eigenvalue weighted by atomic mass is 10.1. The van der Waals surface area contributed by atoms with Gasteiger partial charge in [0, 0.05) is 18.2 Å². The molecular weight excluding hydrogens is 202 g/mol. The quantitative estimate of drug-likeness (QED) is 0.762. The number of ketones is 1. The zero-order valence-electron chi connectivity index (χ0n) is 7.65. The van der Waals surface area contributed by atoms with Gasteiger partial charge in [-0.1, -0.05) is 0 Å². The molecule has 4 nitrogen and oxygen atoms in total. The molecule has 0 amide bonds. The molecule has 5 heteroatoms. The Morgan fingerprint density at radius 2 is 1.79 bits per heavy atom. The fraction of sp³-hybridized carbons (Fsp3) is 0.111. The Bertz CT molecular complexity index is 434. The van der Waals surface area contributed by atoms with Crippen molar-refractivity contribution < 1.29 is 13.2 Å². The summed E-state index contributed by atoms with van der Waals surface area (Å²) < 4.78 is 23.9. The van der Waals surface area contributed by atoms with Crippen LogP contribution in [0.4, 0.5) is 5.69 Å². The monoisotopic (exact) mass is 212 g/mol. The molecule has 0 aromatic heterocycles. The Balaban J connectivity index is 2.90. The summed E-state index contributed by atoms with van der Waals surface area (Å²) in [5.74, 6) is -0.295. The molecule has 1 aromatic carbocycles. The van der Waals surface area contributed by atoms with Gasteiger partial charge in [-0.2, -0.15) is 0 Å². The smallest absolute Gasteiger partial charge is 0.229 e. The van der Waals surface area contributed by atoms with E-state index >= 15 is 0 Å². The molecule has 0 aliphatic heterocycles. The molecule has 1 N–H and O–H groups in total. The van der Waals surface area contributed by atoms with E-state index in [0.717, 1.165) is 6.26 Å². The lowest BCUT2D eigenvalue weighted by Crippen LogP contribution is -2.09. The Kier molecular flexibility index (Phi) is 2.90. The second-order valence-electron chi connectivity index (χ2n) is 2.87. The summed E-state index contributed by atoms with van der Waals surface area (Å²) >= 11 is 0. The Morgan fingerprint density at radius 3 is 2.14 bits per heavy atom. The maximum atomic E-state index is 10.8. The van der Waals surface area contributed by atoms with E-state index in [1.165, 1.54) is 24.3 Å². The van der Waals surface area contributed by atoms with Gasteiger partial charge in [-0.3, -0.25) is 9.52 Å². The van der Waals surface area contributed by atoms with Gasteiger partial charge in [-0.05, 0) is 24.3 Å². The molecule has 0 aliphatic rings. The van der Waals surface area contributed by atoms with E-state index in [-0.39, 0.29) is 5.78 Å². The summed E-state index contributed by atoms with van der Waals surface area (Å²) in [6, 6.07) is 6.06. The van der Waals surface area contributed by atoms with Crippen molar-refractivity contribution >= 4 is 21.5 Å². The van der Waals surface area contributed by atoms with Gasteiger partial charge in [0.2, 0.25) is 10.0 Å². The normalized spacial score (nSPS) is 11.0. The lowest BCUT2D eigenvalue weighted by Gasteiger charge is -2.03. The molecule has 0 atom stereocenters. The molecular formula is C9H10NO3S. The van der Waals surface area contributed by atoms with Crippen LogP contribution in [0.2, 0.25) is 0 Å². The van der Waals surface area contributed by atoms with Crippen LogP contribution in [0.25, 0.3) is 0 Å². The van der Waals surface area contributed by atoms with Gasteiger partial charge < -0.3 is 0 Å². The highest BCUT2D eigenvalue weighted by Gasteiger charge is 2.02. The van der Waals surface area contributed by atoms with Crippen LogP contribution in [0, 0.1) is 6.92 Å². The van der Waals surface area contributed by atoms with Gasteiger partial charge in [0.05, 0.1) is 6.26 Å². The fourth-order valence-electron chi connectivity index (χ4n) is 0.938. The van der Waals surface area contributed by atoms with E-state index in [0.29, 0.717) is 11.3 Å². The number of carbonyl (C=O) groups excluding carboxylic acids is 1. The van der Waals surface area contributed by atoms with Crippen molar-refractivity contribution in [1.29, 1.82) is 0 Å². The number of hydrogen-bond donors (Lipinski definition) is 1. The Morgan fingerprint density at radius 1 is 1.29 bits per heavy atom. The highest BCUT2D eigenvalue weighted by Crippen LogP contribution is 2.10. The van der Waals surface area contributed by atoms with Crippen LogP contribution < -0.4 is 4.72 Å². The number of hydrogen-bond acceptors (Lipinski definition) is 3. The first-order valence-corrected chi connectivity index (χ1v) is 5.72. The van der Waals surface area contributed by atoms with Gasteiger partial charge in [-0.15, -0.1) is 0 Å². The molecule has 75 valence electrons. The van der Waals surface area contributed by atoms with E-state index in [2.05, 4.69) is 11.6 Å². The highest BCUT2D eigenvalue weighted by atomic mass is 32.2. The number of carbonyl (C=O) groups is 1. The Labute approximate surface area is 83.0 Å². The predicted molar refractivity (Wildman–Crippen MR) is 54.6 cm³/mol. The fourth-order valence-corrected chi connectivity index (χ4v) is 1.50. The molecule has 0 saturated heterocycles. The standard InChI is InChI=1S/C9H10NO3S/c1-7(11)8-3-5-9(6-4-8)10-14(2,12)13/h3-6,10H,1H2,2H3. The summed E-state index contributed by atoms with van der Waals surface area (Å²) in [6.07, 6.45) is 1.06. The van der Waals surface area contributed by atoms with E-state index in [4.69, 9.17) is 0 Å². The first-order chi connectivity index (χ1) is 6.38. The van der Waals surface area contributed by atoms with Crippen molar-refractivity contribution in [2.24, 2.45) is 0 Å². The summed E-state index contributed by atoms with van der Waals surface area (Å²) in [5.41, 5.74) is 0.876. The highest BCUT2D eigenvalue weighted by molar-refractivity contribution is 7.92. The van der Waals surface area contributed by atoms with E-state index in [1.807, 2.05) is 0 Å². The van der Waals surface area contributed by atoms with Crippen LogP contribution in [0.1, 0.15) is 10.4 Å². The number of anilines is 1. The van der Waals surface area contributed by atoms with E-state index < -0.39 is 10.0 Å². The predicted octanol–water partition coefficient (Wildman–Crippen LogP) is 1.07. The third-order valence-electron chi connectivity index (χ3n) is 1.51. The molecule has 1 rings (SSSR count). The SMILES string of the molecule is [CH2]C(=O)c1ccc(NS(C)(=O)=O)cc1. The maximum Gasteiger partial charge on any atom is 0.229 e. The summed E-state index contributed by atoms with van der Waals surface area (Å²) in [5, 5.41) is 0. The van der Waals surface area contributed by atoms with Crippen molar-refractivity contribution in [1.82, 2.24) is 0 Å². The molecule has 0 aliphatic carbocycles. The van der Waals surface area contributed by atoms with Crippen molar-refractivity contribution in [3.63, 3.8) is 0 Å². The van der Waals surface area contributed by atoms with Crippen LogP contribution in [-0.2, 0) is 10.0 Å². The van der Waals surface area contributed by atoms with Crippen LogP contribution in [-0.4, -0.2) is 20.5 Å². The number of nitrogens with one attached hydrogen (secondary N) is 1. The Hall–Kier alpha value is -1.36. The topological polar surface area (TPSA) is 63.2 Å². The number of Topliss-reactive ketones (excluding diaryl/α,β-unsaturated/α-hetero) is 1. The number of benzene rings is 1. The van der Waals surface area contributed by atoms with Crippen LogP contribution in [0.3, 0.4) is 0 Å². The third-order valence-corrected chi connectivity index (χ3v) is 2.12. The molecule has 0 saturated carbocycles. The molecule has 1 aromatic rings. The zero-order valence-corrected chi connectivity index (χ0v) is 8.47. The number of rotatable bonds is 3. The molecule has 0 fully saturated rings. The van der Waals surface area contributed by atoms with Crippen molar-refractivity contribution in [3.05, 3.63) is 36.8 Å². The molecule has 0 spiro atoms. The second-order valence-corrected chi connectivity index (χ2v) is 4.62. The largest absolute Gasteiger partial charge is 0.294 e. The first kappa shape index (κ1) is 10.7. The van der Waals surface area contributed by atoms with E-state index in [1.54, 1.807) is 0 Å². The minimum absolute atomic E-state index is 0.295. The molecule has 0 heterocycles. The molecule has 0 bridgehead atoms. The molecule has 14 heavy (non-hydrogen) atoms. The maximum absolute atomic E-state index is 10.8. The van der Waals surface area contributed by atoms with Gasteiger partial charge >= 0.3 is 0 Å². The minimum atomic E-state index is -3.26. The average Bonchev–Trinajstić information content (AvgIpc) is 2.02. The van der Waals surface area contributed by atoms with Gasteiger partial charge in [0.1, 0.15) is 0 Å².